The number of nitrogens with zero attached hydrogens (tertiary/aromatic N) is 5. The quantitative estimate of drug-likeness (QED) is 0.492. The van der Waals surface area contributed by atoms with Crippen LogP contribution < -0.4 is 5.32 Å². The van der Waals surface area contributed by atoms with Gasteiger partial charge in [-0.1, -0.05) is 24.2 Å². The first kappa shape index (κ1) is 15.3. The Balaban J connectivity index is 1.98. The van der Waals surface area contributed by atoms with Gasteiger partial charge in [-0.2, -0.15) is 4.80 Å². The first-order chi connectivity index (χ1) is 10.6. The molecule has 9 nitrogen and oxygen atoms in total. The lowest BCUT2D eigenvalue weighted by atomic mass is 10.2. The number of nitro groups is 1. The Morgan fingerprint density at radius 1 is 1.50 bits per heavy atom. The van der Waals surface area contributed by atoms with Gasteiger partial charge in [0.05, 0.1) is 11.5 Å². The Hall–Kier alpha value is -3.10. The highest BCUT2D eigenvalue weighted by Crippen LogP contribution is 2.14. The Labute approximate surface area is 125 Å². The lowest BCUT2D eigenvalue weighted by molar-refractivity contribution is -0.384. The first-order valence-corrected chi connectivity index (χ1v) is 6.60. The van der Waals surface area contributed by atoms with Crippen LogP contribution in [0.25, 0.3) is 6.08 Å². The molecule has 0 bridgehead atoms. The third-order valence-corrected chi connectivity index (χ3v) is 2.62. The van der Waals surface area contributed by atoms with Gasteiger partial charge in [-0.3, -0.25) is 20.2 Å². The number of nitro benzene ring substituents is 1. The summed E-state index contributed by atoms with van der Waals surface area (Å²) in [7, 11) is 0. The molecule has 2 aromatic rings. The summed E-state index contributed by atoms with van der Waals surface area (Å²) in [4.78, 5) is 23.3. The summed E-state index contributed by atoms with van der Waals surface area (Å²) in [5, 5.41) is 24.6. The molecule has 0 fully saturated rings. The van der Waals surface area contributed by atoms with Gasteiger partial charge in [0.1, 0.15) is 0 Å². The standard InChI is InChI=1S/C13H14N6O3/c1-2-8-18-16-13(15-17-18)14-12(20)7-6-10-4-3-5-11(9-10)19(21)22/h3-7,9H,2,8H2,1H3,(H,14,16,20)/b7-6+. The summed E-state index contributed by atoms with van der Waals surface area (Å²) in [6.45, 7) is 2.59. The maximum atomic E-state index is 11.7. The van der Waals surface area contributed by atoms with Crippen LogP contribution in [0, 0.1) is 10.1 Å². The number of tetrazole rings is 1. The van der Waals surface area contributed by atoms with Crippen LogP contribution in [0.5, 0.6) is 0 Å². The van der Waals surface area contributed by atoms with E-state index in [1.807, 2.05) is 6.92 Å². The first-order valence-electron chi connectivity index (χ1n) is 6.60. The van der Waals surface area contributed by atoms with Gasteiger partial charge in [0.15, 0.2) is 0 Å². The van der Waals surface area contributed by atoms with Gasteiger partial charge in [0.2, 0.25) is 0 Å². The number of rotatable bonds is 6. The summed E-state index contributed by atoms with van der Waals surface area (Å²) >= 11 is 0. The fourth-order valence-corrected chi connectivity index (χ4v) is 1.65. The molecule has 1 N–H and O–H groups in total. The minimum atomic E-state index is -0.493. The SMILES string of the molecule is CCCn1nnc(NC(=O)/C=C/c2cccc([N+](=O)[O-])c2)n1. The van der Waals surface area contributed by atoms with Gasteiger partial charge >= 0.3 is 0 Å². The minimum absolute atomic E-state index is 0.0354. The van der Waals surface area contributed by atoms with Crippen molar-refractivity contribution in [1.82, 2.24) is 20.2 Å². The average molecular weight is 302 g/mol. The van der Waals surface area contributed by atoms with Crippen molar-refractivity contribution >= 4 is 23.6 Å². The third kappa shape index (κ3) is 4.20. The molecule has 1 aromatic carbocycles. The van der Waals surface area contributed by atoms with Crippen molar-refractivity contribution in [3.05, 3.63) is 46.0 Å². The lowest BCUT2D eigenvalue weighted by Crippen LogP contribution is -2.09. The van der Waals surface area contributed by atoms with Crippen LogP contribution in [0.15, 0.2) is 30.3 Å². The number of non-ortho nitro benzene ring substituents is 1. The molecular formula is C13H14N6O3. The molecule has 0 saturated heterocycles. The van der Waals surface area contributed by atoms with Crippen LogP contribution in [0.1, 0.15) is 18.9 Å². The lowest BCUT2D eigenvalue weighted by Gasteiger charge is -1.96. The van der Waals surface area contributed by atoms with E-state index in [0.29, 0.717) is 12.1 Å². The molecule has 1 aromatic heterocycles. The number of nitrogens with one attached hydrogen (secondary N) is 1. The number of carbonyl (C=O) groups is 1. The van der Waals surface area contributed by atoms with Crippen LogP contribution in [0.4, 0.5) is 11.6 Å². The highest BCUT2D eigenvalue weighted by atomic mass is 16.6. The van der Waals surface area contributed by atoms with E-state index in [4.69, 9.17) is 0 Å². The predicted molar refractivity (Wildman–Crippen MR) is 78.9 cm³/mol. The molecule has 22 heavy (non-hydrogen) atoms. The fraction of sp³-hybridized carbons (Fsp3) is 0.231. The second kappa shape index (κ2) is 7.07. The second-order valence-corrected chi connectivity index (χ2v) is 4.38. The predicted octanol–water partition coefficient (Wildman–Crippen LogP) is 1.64. The van der Waals surface area contributed by atoms with Crippen LogP contribution >= 0.6 is 0 Å². The number of hydrogen-bond acceptors (Lipinski definition) is 6. The molecule has 0 saturated carbocycles. The maximum Gasteiger partial charge on any atom is 0.270 e. The zero-order valence-corrected chi connectivity index (χ0v) is 11.8. The highest BCUT2D eigenvalue weighted by Gasteiger charge is 2.06. The average Bonchev–Trinajstić information content (AvgIpc) is 2.93. The Morgan fingerprint density at radius 3 is 3.05 bits per heavy atom. The van der Waals surface area contributed by atoms with E-state index >= 15 is 0 Å². The number of anilines is 1. The fourth-order valence-electron chi connectivity index (χ4n) is 1.65. The molecule has 1 amide bonds. The molecule has 0 aliphatic rings. The monoisotopic (exact) mass is 302 g/mol. The van der Waals surface area contributed by atoms with Crippen LogP contribution in [-0.2, 0) is 11.3 Å². The van der Waals surface area contributed by atoms with E-state index in [1.54, 1.807) is 12.1 Å². The van der Waals surface area contributed by atoms with Crippen LogP contribution in [0.3, 0.4) is 0 Å². The second-order valence-electron chi connectivity index (χ2n) is 4.38. The molecule has 9 heteroatoms. The zero-order chi connectivity index (χ0) is 15.9. The van der Waals surface area contributed by atoms with Crippen molar-refractivity contribution in [2.45, 2.75) is 19.9 Å². The number of carbonyl (C=O) groups excluding carboxylic acids is 1. The van der Waals surface area contributed by atoms with Gasteiger partial charge in [0, 0.05) is 18.2 Å². The van der Waals surface area contributed by atoms with Crippen molar-refractivity contribution in [1.29, 1.82) is 0 Å². The summed E-state index contributed by atoms with van der Waals surface area (Å²) in [6, 6.07) is 5.97. The number of hydrogen-bond donors (Lipinski definition) is 1. The van der Waals surface area contributed by atoms with E-state index in [0.717, 1.165) is 6.42 Å². The summed E-state index contributed by atoms with van der Waals surface area (Å²) in [5.41, 5.74) is 0.513. The van der Waals surface area contributed by atoms with Crippen LogP contribution in [0.2, 0.25) is 0 Å². The van der Waals surface area contributed by atoms with Gasteiger partial charge in [-0.25, -0.2) is 0 Å². The number of aryl methyl sites for hydroxylation is 1. The highest BCUT2D eigenvalue weighted by molar-refractivity contribution is 6.00. The van der Waals surface area contributed by atoms with Crippen molar-refractivity contribution in [2.24, 2.45) is 0 Å². The molecule has 2 rings (SSSR count). The largest absolute Gasteiger partial charge is 0.288 e. The molecular weight excluding hydrogens is 288 g/mol. The Morgan fingerprint density at radius 2 is 2.32 bits per heavy atom. The van der Waals surface area contributed by atoms with Crippen molar-refractivity contribution in [3.63, 3.8) is 0 Å². The molecule has 0 atom stereocenters. The zero-order valence-electron chi connectivity index (χ0n) is 11.8. The Bertz CT molecular complexity index is 709. The normalized spacial score (nSPS) is 10.8. The summed E-state index contributed by atoms with van der Waals surface area (Å²) in [5.74, 6) is -0.329. The van der Waals surface area contributed by atoms with Gasteiger partial charge < -0.3 is 0 Å². The minimum Gasteiger partial charge on any atom is -0.288 e. The van der Waals surface area contributed by atoms with Crippen LogP contribution in [-0.4, -0.2) is 31.0 Å². The number of amides is 1. The topological polar surface area (TPSA) is 116 Å². The maximum absolute atomic E-state index is 11.7. The molecule has 0 aliphatic carbocycles. The van der Waals surface area contributed by atoms with E-state index in [9.17, 15) is 14.9 Å². The smallest absolute Gasteiger partial charge is 0.270 e. The summed E-state index contributed by atoms with van der Waals surface area (Å²) in [6.07, 6.45) is 3.58. The van der Waals surface area contributed by atoms with Gasteiger partial charge in [-0.05, 0) is 23.3 Å². The molecule has 114 valence electrons. The number of benzene rings is 1. The van der Waals surface area contributed by atoms with Gasteiger partial charge in [0.25, 0.3) is 17.5 Å². The summed E-state index contributed by atoms with van der Waals surface area (Å²) < 4.78 is 0. The van der Waals surface area contributed by atoms with Crippen molar-refractivity contribution in [2.75, 3.05) is 5.32 Å². The van der Waals surface area contributed by atoms with Gasteiger partial charge in [-0.15, -0.1) is 5.10 Å². The molecule has 0 radical (unpaired) electrons. The van der Waals surface area contributed by atoms with E-state index in [-0.39, 0.29) is 11.6 Å². The van der Waals surface area contributed by atoms with Crippen molar-refractivity contribution in [3.8, 4) is 0 Å². The van der Waals surface area contributed by atoms with E-state index in [2.05, 4.69) is 20.7 Å². The Kier molecular flexibility index (Phi) is 4.91. The van der Waals surface area contributed by atoms with E-state index < -0.39 is 10.8 Å². The molecule has 1 heterocycles. The molecule has 0 unspecified atom stereocenters. The van der Waals surface area contributed by atoms with Crippen molar-refractivity contribution < 1.29 is 9.72 Å². The van der Waals surface area contributed by atoms with E-state index in [1.165, 1.54) is 29.1 Å². The number of aromatic nitrogens is 4. The third-order valence-electron chi connectivity index (χ3n) is 2.62. The molecule has 0 aliphatic heterocycles. The molecule has 0 spiro atoms.